The molecule has 7 heteroatoms. The van der Waals surface area contributed by atoms with Gasteiger partial charge in [0.15, 0.2) is 0 Å². The van der Waals surface area contributed by atoms with Gasteiger partial charge in [-0.1, -0.05) is 50.1 Å². The highest BCUT2D eigenvalue weighted by Crippen LogP contribution is 2.53. The van der Waals surface area contributed by atoms with Gasteiger partial charge in [-0.15, -0.1) is 0 Å². The van der Waals surface area contributed by atoms with E-state index < -0.39 is 17.3 Å². The molecule has 0 spiro atoms. The maximum Gasteiger partial charge on any atom is 0.318 e. The number of rotatable bonds is 9. The molecule has 2 aliphatic rings. The quantitative estimate of drug-likeness (QED) is 0.534. The number of esters is 1. The largest absolute Gasteiger partial charge is 0.468 e. The molecule has 180 valence electrons. The van der Waals surface area contributed by atoms with Crippen LogP contribution in [-0.4, -0.2) is 42.9 Å². The van der Waals surface area contributed by atoms with Gasteiger partial charge in [-0.05, 0) is 55.7 Å². The van der Waals surface area contributed by atoms with Crippen LogP contribution in [0.5, 0.6) is 0 Å². The fourth-order valence-electron chi connectivity index (χ4n) is 4.99. The van der Waals surface area contributed by atoms with E-state index in [1.165, 1.54) is 7.11 Å². The summed E-state index contributed by atoms with van der Waals surface area (Å²) in [6, 6.07) is 7.54. The van der Waals surface area contributed by atoms with E-state index in [0.717, 1.165) is 31.2 Å². The van der Waals surface area contributed by atoms with Crippen molar-refractivity contribution in [3.05, 3.63) is 46.6 Å². The van der Waals surface area contributed by atoms with Gasteiger partial charge in [-0.3, -0.25) is 14.4 Å². The summed E-state index contributed by atoms with van der Waals surface area (Å²) in [5.41, 5.74) is 0.670. The Morgan fingerprint density at radius 2 is 1.97 bits per heavy atom. The average Bonchev–Trinajstić information content (AvgIpc) is 2.91. The van der Waals surface area contributed by atoms with Crippen LogP contribution in [0.25, 0.3) is 0 Å². The molecule has 0 aromatic heterocycles. The number of hydrogen-bond acceptors (Lipinski definition) is 4. The normalized spacial score (nSPS) is 22.6. The first-order valence-corrected chi connectivity index (χ1v) is 12.3. The monoisotopic (exact) mass is 474 g/mol. The summed E-state index contributed by atoms with van der Waals surface area (Å²) in [6.07, 6.45) is 6.55. The lowest BCUT2D eigenvalue weighted by Gasteiger charge is -2.31. The van der Waals surface area contributed by atoms with Gasteiger partial charge < -0.3 is 15.0 Å². The molecule has 1 aliphatic carbocycles. The minimum absolute atomic E-state index is 0.0131. The van der Waals surface area contributed by atoms with E-state index in [4.69, 9.17) is 16.3 Å². The summed E-state index contributed by atoms with van der Waals surface area (Å²) in [5.74, 6) is -1.06. The Morgan fingerprint density at radius 3 is 2.64 bits per heavy atom. The molecule has 1 aromatic rings. The zero-order valence-corrected chi connectivity index (χ0v) is 20.6. The molecule has 0 radical (unpaired) electrons. The topological polar surface area (TPSA) is 75.7 Å². The summed E-state index contributed by atoms with van der Waals surface area (Å²) in [4.78, 5) is 41.4. The number of carbonyl (C=O) groups is 3. The predicted molar refractivity (Wildman–Crippen MR) is 128 cm³/mol. The van der Waals surface area contributed by atoms with Crippen molar-refractivity contribution in [1.29, 1.82) is 0 Å². The Hall–Kier alpha value is -2.34. The van der Waals surface area contributed by atoms with E-state index in [1.807, 2.05) is 30.3 Å². The van der Waals surface area contributed by atoms with Crippen molar-refractivity contribution in [2.45, 2.75) is 58.8 Å². The minimum Gasteiger partial charge on any atom is -0.468 e. The van der Waals surface area contributed by atoms with Gasteiger partial charge in [0.1, 0.15) is 5.41 Å². The van der Waals surface area contributed by atoms with Crippen LogP contribution in [0.15, 0.2) is 36.0 Å². The van der Waals surface area contributed by atoms with Crippen LogP contribution in [0.4, 0.5) is 0 Å². The third kappa shape index (κ3) is 5.60. The van der Waals surface area contributed by atoms with Gasteiger partial charge in [0.2, 0.25) is 11.8 Å². The number of carbonyl (C=O) groups excluding carboxylic acids is 3. The number of fused-ring (bicyclic) bond motifs is 1. The molecular formula is C26H35ClN2O4. The Kier molecular flexibility index (Phi) is 8.57. The summed E-state index contributed by atoms with van der Waals surface area (Å²) in [5, 5.41) is 3.59. The molecule has 0 unspecified atom stereocenters. The van der Waals surface area contributed by atoms with E-state index in [9.17, 15) is 14.4 Å². The number of benzene rings is 1. The van der Waals surface area contributed by atoms with Crippen LogP contribution in [0.1, 0.15) is 57.9 Å². The summed E-state index contributed by atoms with van der Waals surface area (Å²) < 4.78 is 5.24. The first-order valence-electron chi connectivity index (χ1n) is 11.9. The molecule has 0 saturated carbocycles. The van der Waals surface area contributed by atoms with E-state index >= 15 is 0 Å². The summed E-state index contributed by atoms with van der Waals surface area (Å²) in [6.45, 7) is 5.20. The zero-order chi connectivity index (χ0) is 24.0. The third-order valence-electron chi connectivity index (χ3n) is 6.79. The molecule has 0 bridgehead atoms. The third-order valence-corrected chi connectivity index (χ3v) is 7.04. The van der Waals surface area contributed by atoms with Gasteiger partial charge in [-0.2, -0.15) is 0 Å². The number of ether oxygens (including phenoxy) is 1. The van der Waals surface area contributed by atoms with E-state index in [-0.39, 0.29) is 18.2 Å². The van der Waals surface area contributed by atoms with Crippen LogP contribution < -0.4 is 5.32 Å². The Bertz CT molecular complexity index is 896. The van der Waals surface area contributed by atoms with Crippen molar-refractivity contribution < 1.29 is 19.1 Å². The van der Waals surface area contributed by atoms with Crippen LogP contribution in [0.3, 0.4) is 0 Å². The zero-order valence-electron chi connectivity index (χ0n) is 19.9. The van der Waals surface area contributed by atoms with Crippen molar-refractivity contribution in [1.82, 2.24) is 10.2 Å². The number of halogens is 1. The predicted octanol–water partition coefficient (Wildman–Crippen LogP) is 4.51. The second-order valence-corrected chi connectivity index (χ2v) is 9.89. The van der Waals surface area contributed by atoms with Crippen LogP contribution in [0.2, 0.25) is 5.02 Å². The Labute approximate surface area is 201 Å². The first kappa shape index (κ1) is 25.3. The number of methoxy groups -OCH3 is 1. The number of likely N-dealkylation sites (tertiary alicyclic amines) is 1. The lowest BCUT2D eigenvalue weighted by Crippen LogP contribution is -2.41. The van der Waals surface area contributed by atoms with Crippen molar-refractivity contribution in [2.24, 2.45) is 17.3 Å². The standard InChI is InChI=1S/C26H35ClN2O4/c1-18(2)12-15-28-23(30)17-21-24(31)29(16-13-19-8-10-20(27)11-9-19)22-7-5-4-6-14-26(21,22)25(32)33-3/h7-11,18,21H,4-6,12-17H2,1-3H3,(H,28,30)/t21-,26-/m1/s1. The number of amides is 2. The van der Waals surface area contributed by atoms with Gasteiger partial charge in [0, 0.05) is 30.2 Å². The highest BCUT2D eigenvalue weighted by atomic mass is 35.5. The van der Waals surface area contributed by atoms with E-state index in [0.29, 0.717) is 42.6 Å². The molecule has 2 amide bonds. The first-order chi connectivity index (χ1) is 15.8. The van der Waals surface area contributed by atoms with Crippen LogP contribution in [-0.2, 0) is 25.5 Å². The molecule has 3 rings (SSSR count). The molecule has 1 aromatic carbocycles. The Balaban J connectivity index is 1.87. The Morgan fingerprint density at radius 1 is 1.24 bits per heavy atom. The maximum atomic E-state index is 13.7. The maximum absolute atomic E-state index is 13.7. The molecule has 1 fully saturated rings. The fourth-order valence-corrected chi connectivity index (χ4v) is 5.12. The molecule has 6 nitrogen and oxygen atoms in total. The molecular weight excluding hydrogens is 440 g/mol. The fraction of sp³-hybridized carbons (Fsp3) is 0.577. The lowest BCUT2D eigenvalue weighted by atomic mass is 9.71. The highest BCUT2D eigenvalue weighted by Gasteiger charge is 2.61. The van der Waals surface area contributed by atoms with Crippen molar-refractivity contribution in [2.75, 3.05) is 20.2 Å². The molecule has 1 saturated heterocycles. The van der Waals surface area contributed by atoms with Gasteiger partial charge >= 0.3 is 5.97 Å². The smallest absolute Gasteiger partial charge is 0.318 e. The molecule has 1 heterocycles. The SMILES string of the molecule is COC(=O)[C@@]12CCCCC=C1N(CCc1ccc(Cl)cc1)C(=O)[C@H]2CC(=O)NCCC(C)C. The van der Waals surface area contributed by atoms with E-state index in [2.05, 4.69) is 19.2 Å². The van der Waals surface area contributed by atoms with Crippen molar-refractivity contribution in [3.8, 4) is 0 Å². The second kappa shape index (κ2) is 11.2. The van der Waals surface area contributed by atoms with Crippen molar-refractivity contribution in [3.63, 3.8) is 0 Å². The number of nitrogens with one attached hydrogen (secondary N) is 1. The highest BCUT2D eigenvalue weighted by molar-refractivity contribution is 6.30. The number of nitrogens with zero attached hydrogens (tertiary/aromatic N) is 1. The van der Waals surface area contributed by atoms with Crippen LogP contribution >= 0.6 is 11.6 Å². The molecule has 1 N–H and O–H groups in total. The number of hydrogen-bond donors (Lipinski definition) is 1. The van der Waals surface area contributed by atoms with Gasteiger partial charge in [0.05, 0.1) is 13.0 Å². The molecule has 33 heavy (non-hydrogen) atoms. The van der Waals surface area contributed by atoms with Gasteiger partial charge in [0.25, 0.3) is 0 Å². The average molecular weight is 475 g/mol. The van der Waals surface area contributed by atoms with Gasteiger partial charge in [-0.25, -0.2) is 0 Å². The van der Waals surface area contributed by atoms with E-state index in [1.54, 1.807) is 4.90 Å². The lowest BCUT2D eigenvalue weighted by molar-refractivity contribution is -0.155. The number of allylic oxidation sites excluding steroid dienone is 1. The molecule has 2 atom stereocenters. The summed E-state index contributed by atoms with van der Waals surface area (Å²) >= 11 is 6.00. The van der Waals surface area contributed by atoms with Crippen molar-refractivity contribution >= 4 is 29.4 Å². The second-order valence-electron chi connectivity index (χ2n) is 9.45. The van der Waals surface area contributed by atoms with Crippen LogP contribution in [0, 0.1) is 17.3 Å². The minimum atomic E-state index is -1.10. The molecule has 1 aliphatic heterocycles. The summed E-state index contributed by atoms with van der Waals surface area (Å²) in [7, 11) is 1.36.